The molecule has 1 fully saturated rings. The van der Waals surface area contributed by atoms with Crippen LogP contribution in [0.15, 0.2) is 0 Å². The first kappa shape index (κ1) is 9.66. The van der Waals surface area contributed by atoms with Crippen LogP contribution in [-0.4, -0.2) is 32.3 Å². The fourth-order valence-electron chi connectivity index (χ4n) is 2.42. The third-order valence-electron chi connectivity index (χ3n) is 3.32. The maximum atomic E-state index is 5.93. The van der Waals surface area contributed by atoms with Crippen molar-refractivity contribution in [2.75, 3.05) is 11.5 Å². The molecule has 0 radical (unpaired) electrons. The largest absolute Gasteiger partial charge is 0.327 e. The Bertz CT molecular complexity index is 356. The van der Waals surface area contributed by atoms with Gasteiger partial charge >= 0.3 is 0 Å². The number of thioether (sulfide) groups is 1. The predicted octanol–water partition coefficient (Wildman–Crippen LogP) is 0.772. The van der Waals surface area contributed by atoms with Crippen LogP contribution in [0.2, 0.25) is 0 Å². The third kappa shape index (κ3) is 1.67. The van der Waals surface area contributed by atoms with Crippen molar-refractivity contribution < 1.29 is 0 Å². The summed E-state index contributed by atoms with van der Waals surface area (Å²) in [6.45, 7) is 1.01. The first-order chi connectivity index (χ1) is 7.34. The van der Waals surface area contributed by atoms with Crippen molar-refractivity contribution in [3.05, 3.63) is 11.6 Å². The molecule has 82 valence electrons. The average molecular weight is 224 g/mol. The van der Waals surface area contributed by atoms with Gasteiger partial charge < -0.3 is 10.3 Å². The summed E-state index contributed by atoms with van der Waals surface area (Å²) in [6.07, 6.45) is 3.22. The monoisotopic (exact) mass is 224 g/mol. The zero-order chi connectivity index (χ0) is 10.3. The van der Waals surface area contributed by atoms with Gasteiger partial charge in [0.15, 0.2) is 0 Å². The van der Waals surface area contributed by atoms with Crippen LogP contribution in [0, 0.1) is 0 Å². The van der Waals surface area contributed by atoms with Gasteiger partial charge in [0.05, 0.1) is 0 Å². The second kappa shape index (κ2) is 3.79. The van der Waals surface area contributed by atoms with E-state index in [4.69, 9.17) is 5.73 Å². The summed E-state index contributed by atoms with van der Waals surface area (Å²) >= 11 is 2.03. The van der Waals surface area contributed by atoms with Crippen LogP contribution in [-0.2, 0) is 13.0 Å². The Morgan fingerprint density at radius 2 is 2.27 bits per heavy atom. The van der Waals surface area contributed by atoms with Gasteiger partial charge in [-0.2, -0.15) is 11.8 Å². The van der Waals surface area contributed by atoms with Gasteiger partial charge in [-0.05, 0) is 18.6 Å². The minimum absolute atomic E-state index is 0.285. The maximum Gasteiger partial charge on any atom is 0.136 e. The van der Waals surface area contributed by atoms with E-state index in [0.717, 1.165) is 25.2 Å². The summed E-state index contributed by atoms with van der Waals surface area (Å²) in [4.78, 5) is 0. The summed E-state index contributed by atoms with van der Waals surface area (Å²) in [6, 6.07) is 0.285. The van der Waals surface area contributed by atoms with E-state index < -0.39 is 0 Å². The molecule has 1 aromatic rings. The van der Waals surface area contributed by atoms with E-state index in [2.05, 4.69) is 14.8 Å². The zero-order valence-corrected chi connectivity index (χ0v) is 9.54. The smallest absolute Gasteiger partial charge is 0.136 e. The minimum Gasteiger partial charge on any atom is -0.327 e. The Morgan fingerprint density at radius 3 is 3.07 bits per heavy atom. The van der Waals surface area contributed by atoms with E-state index in [9.17, 15) is 0 Å². The molecule has 0 amide bonds. The molecular formula is C10H16N4S. The molecular weight excluding hydrogens is 208 g/mol. The van der Waals surface area contributed by atoms with E-state index in [0.29, 0.717) is 5.92 Å². The molecule has 0 aromatic carbocycles. The fraction of sp³-hybridized carbons (Fsp3) is 0.800. The molecule has 0 spiro atoms. The Morgan fingerprint density at radius 1 is 1.33 bits per heavy atom. The van der Waals surface area contributed by atoms with Gasteiger partial charge in [-0.15, -0.1) is 10.2 Å². The lowest BCUT2D eigenvalue weighted by Crippen LogP contribution is -2.31. The third-order valence-corrected chi connectivity index (χ3v) is 4.48. The van der Waals surface area contributed by atoms with Crippen LogP contribution >= 0.6 is 11.8 Å². The predicted molar refractivity (Wildman–Crippen MR) is 61.0 cm³/mol. The molecule has 2 unspecified atom stereocenters. The molecule has 1 aromatic heterocycles. The van der Waals surface area contributed by atoms with Crippen LogP contribution in [0.4, 0.5) is 0 Å². The number of hydrogen-bond donors (Lipinski definition) is 1. The minimum atomic E-state index is 0.285. The highest BCUT2D eigenvalue weighted by molar-refractivity contribution is 7.99. The standard InChI is InChI=1S/C10H16N4S/c11-8-1-3-14-9(5-8)12-13-10(14)7-2-4-15-6-7/h7-8H,1-6,11H2. The number of aromatic nitrogens is 3. The molecule has 2 atom stereocenters. The molecule has 0 aliphatic carbocycles. The van der Waals surface area contributed by atoms with Crippen molar-refractivity contribution in [3.63, 3.8) is 0 Å². The zero-order valence-electron chi connectivity index (χ0n) is 8.72. The SMILES string of the molecule is NC1CCn2c(nnc2C2CCSC2)C1. The van der Waals surface area contributed by atoms with Crippen LogP contribution in [0.1, 0.15) is 30.4 Å². The molecule has 1 saturated heterocycles. The Hall–Kier alpha value is -0.550. The van der Waals surface area contributed by atoms with Crippen LogP contribution in [0.3, 0.4) is 0 Å². The lowest BCUT2D eigenvalue weighted by molar-refractivity contribution is 0.447. The van der Waals surface area contributed by atoms with E-state index in [-0.39, 0.29) is 6.04 Å². The molecule has 4 nitrogen and oxygen atoms in total. The molecule has 2 N–H and O–H groups in total. The summed E-state index contributed by atoms with van der Waals surface area (Å²) in [5.41, 5.74) is 5.93. The maximum absolute atomic E-state index is 5.93. The first-order valence-corrected chi connectivity index (χ1v) is 6.75. The number of nitrogens with zero attached hydrogens (tertiary/aromatic N) is 3. The first-order valence-electron chi connectivity index (χ1n) is 5.60. The molecule has 0 saturated carbocycles. The fourth-order valence-corrected chi connectivity index (χ4v) is 3.63. The van der Waals surface area contributed by atoms with Gasteiger partial charge in [-0.3, -0.25) is 0 Å². The van der Waals surface area contributed by atoms with Gasteiger partial charge in [0, 0.05) is 30.7 Å². The van der Waals surface area contributed by atoms with E-state index in [1.807, 2.05) is 11.8 Å². The lowest BCUT2D eigenvalue weighted by atomic mass is 10.1. The summed E-state index contributed by atoms with van der Waals surface area (Å²) < 4.78 is 2.31. The van der Waals surface area contributed by atoms with Gasteiger partial charge in [-0.1, -0.05) is 0 Å². The number of hydrogen-bond acceptors (Lipinski definition) is 4. The van der Waals surface area contributed by atoms with Crippen molar-refractivity contribution in [3.8, 4) is 0 Å². The number of nitrogens with two attached hydrogens (primary N) is 1. The molecule has 15 heavy (non-hydrogen) atoms. The second-order valence-electron chi connectivity index (χ2n) is 4.44. The summed E-state index contributed by atoms with van der Waals surface area (Å²) in [5.74, 6) is 5.42. The van der Waals surface area contributed by atoms with Crippen molar-refractivity contribution in [2.24, 2.45) is 5.73 Å². The highest BCUT2D eigenvalue weighted by Crippen LogP contribution is 2.32. The summed E-state index contributed by atoms with van der Waals surface area (Å²) in [7, 11) is 0. The Balaban J connectivity index is 1.90. The molecule has 3 rings (SSSR count). The average Bonchev–Trinajstić information content (AvgIpc) is 2.82. The van der Waals surface area contributed by atoms with Gasteiger partial charge in [0.1, 0.15) is 11.6 Å². The lowest BCUT2D eigenvalue weighted by Gasteiger charge is -2.21. The van der Waals surface area contributed by atoms with E-state index >= 15 is 0 Å². The molecule has 3 heterocycles. The van der Waals surface area contributed by atoms with Gasteiger partial charge in [0.2, 0.25) is 0 Å². The number of fused-ring (bicyclic) bond motifs is 1. The summed E-state index contributed by atoms with van der Waals surface area (Å²) in [5, 5.41) is 8.63. The Kier molecular flexibility index (Phi) is 2.44. The molecule has 2 aliphatic heterocycles. The molecule has 0 bridgehead atoms. The van der Waals surface area contributed by atoms with Crippen molar-refractivity contribution >= 4 is 11.8 Å². The molecule has 5 heteroatoms. The highest BCUT2D eigenvalue weighted by atomic mass is 32.2. The number of rotatable bonds is 1. The normalized spacial score (nSPS) is 30.5. The van der Waals surface area contributed by atoms with E-state index in [1.165, 1.54) is 23.8 Å². The van der Waals surface area contributed by atoms with E-state index in [1.54, 1.807) is 0 Å². The molecule has 2 aliphatic rings. The quantitative estimate of drug-likeness (QED) is 0.765. The topological polar surface area (TPSA) is 56.7 Å². The highest BCUT2D eigenvalue weighted by Gasteiger charge is 2.27. The van der Waals surface area contributed by atoms with Crippen molar-refractivity contribution in [1.82, 2.24) is 14.8 Å². The van der Waals surface area contributed by atoms with Gasteiger partial charge in [-0.25, -0.2) is 0 Å². The second-order valence-corrected chi connectivity index (χ2v) is 5.59. The van der Waals surface area contributed by atoms with Crippen molar-refractivity contribution in [2.45, 2.75) is 37.8 Å². The Labute approximate surface area is 93.6 Å². The van der Waals surface area contributed by atoms with Crippen molar-refractivity contribution in [1.29, 1.82) is 0 Å². The van der Waals surface area contributed by atoms with Crippen LogP contribution < -0.4 is 5.73 Å². The van der Waals surface area contributed by atoms with Crippen LogP contribution in [0.25, 0.3) is 0 Å². The van der Waals surface area contributed by atoms with Gasteiger partial charge in [0.25, 0.3) is 0 Å². The van der Waals surface area contributed by atoms with Crippen LogP contribution in [0.5, 0.6) is 0 Å².